The quantitative estimate of drug-likeness (QED) is 0.302. The SMILES string of the molecule is CCCCNC(=O)[C@@H](CC)N(Cc1ccccc1)C(=O)CN(c1ccc2c(c1)OCCO2)S(=O)(=O)c1ccccc1. The van der Waals surface area contributed by atoms with Crippen molar-refractivity contribution in [2.45, 2.75) is 50.6 Å². The summed E-state index contributed by atoms with van der Waals surface area (Å²) in [7, 11) is -4.16. The minimum absolute atomic E-state index is 0.0432. The molecule has 0 spiro atoms. The zero-order chi connectivity index (χ0) is 29.2. The Bertz CT molecular complexity index is 1420. The molecule has 2 amide bonds. The minimum atomic E-state index is -4.16. The lowest BCUT2D eigenvalue weighted by molar-refractivity contribution is -0.140. The summed E-state index contributed by atoms with van der Waals surface area (Å²) < 4.78 is 40.3. The van der Waals surface area contributed by atoms with Crippen LogP contribution < -0.4 is 19.1 Å². The highest BCUT2D eigenvalue weighted by Gasteiger charge is 2.34. The van der Waals surface area contributed by atoms with Gasteiger partial charge < -0.3 is 19.7 Å². The Morgan fingerprint density at radius 1 is 0.902 bits per heavy atom. The Morgan fingerprint density at radius 3 is 2.22 bits per heavy atom. The van der Waals surface area contributed by atoms with Crippen LogP contribution in [0.5, 0.6) is 11.5 Å². The maximum absolute atomic E-state index is 14.1. The van der Waals surface area contributed by atoms with Gasteiger partial charge in [-0.05, 0) is 42.7 Å². The molecule has 3 aromatic rings. The molecule has 0 radical (unpaired) electrons. The van der Waals surface area contributed by atoms with E-state index in [0.29, 0.717) is 37.7 Å². The number of rotatable bonds is 13. The molecule has 0 saturated carbocycles. The zero-order valence-corrected chi connectivity index (χ0v) is 24.3. The molecule has 0 aromatic heterocycles. The van der Waals surface area contributed by atoms with Crippen LogP contribution in [0.25, 0.3) is 0 Å². The van der Waals surface area contributed by atoms with E-state index in [0.717, 1.165) is 22.7 Å². The fourth-order valence-electron chi connectivity index (χ4n) is 4.64. The van der Waals surface area contributed by atoms with E-state index in [4.69, 9.17) is 9.47 Å². The Morgan fingerprint density at radius 2 is 1.56 bits per heavy atom. The van der Waals surface area contributed by atoms with Gasteiger partial charge in [0, 0.05) is 19.2 Å². The second-order valence-electron chi connectivity index (χ2n) is 9.73. The number of benzene rings is 3. The van der Waals surface area contributed by atoms with Crippen molar-refractivity contribution in [1.82, 2.24) is 10.2 Å². The van der Waals surface area contributed by atoms with Crippen LogP contribution in [0.15, 0.2) is 83.8 Å². The van der Waals surface area contributed by atoms with Crippen molar-refractivity contribution in [2.75, 3.05) is 30.6 Å². The summed E-state index contributed by atoms with van der Waals surface area (Å²) in [5.74, 6) is 0.143. The van der Waals surface area contributed by atoms with E-state index in [-0.39, 0.29) is 23.0 Å². The number of amides is 2. The number of unbranched alkanes of at least 4 members (excludes halogenated alkanes) is 1. The maximum Gasteiger partial charge on any atom is 0.264 e. The van der Waals surface area contributed by atoms with Gasteiger partial charge in [-0.15, -0.1) is 0 Å². The maximum atomic E-state index is 14.1. The fourth-order valence-corrected chi connectivity index (χ4v) is 6.07. The van der Waals surface area contributed by atoms with Crippen molar-refractivity contribution in [3.63, 3.8) is 0 Å². The Balaban J connectivity index is 1.72. The molecule has 0 unspecified atom stereocenters. The number of ether oxygens (including phenoxy) is 2. The molecule has 218 valence electrons. The molecule has 1 atom stereocenters. The van der Waals surface area contributed by atoms with Gasteiger partial charge in [-0.1, -0.05) is 68.8 Å². The normalized spacial score (nSPS) is 13.2. The van der Waals surface area contributed by atoms with Crippen molar-refractivity contribution >= 4 is 27.5 Å². The van der Waals surface area contributed by atoms with Gasteiger partial charge in [-0.25, -0.2) is 8.42 Å². The highest BCUT2D eigenvalue weighted by atomic mass is 32.2. The number of sulfonamides is 1. The molecule has 1 heterocycles. The molecule has 1 aliphatic rings. The lowest BCUT2D eigenvalue weighted by Gasteiger charge is -2.33. The zero-order valence-electron chi connectivity index (χ0n) is 23.5. The average molecular weight is 580 g/mol. The standard InChI is InChI=1S/C31H37N3O6S/c1-3-5-18-32-31(36)27(4-2)33(22-24-12-8-6-9-13-24)30(35)23-34(41(37,38)26-14-10-7-11-15-26)25-16-17-28-29(21-25)40-20-19-39-28/h6-17,21,27H,3-5,18-20,22-23H2,1-2H3,(H,32,36)/t27-/m1/s1. The molecule has 1 N–H and O–H groups in total. The predicted octanol–water partition coefficient (Wildman–Crippen LogP) is 4.38. The molecule has 0 bridgehead atoms. The Hall–Kier alpha value is -4.05. The highest BCUT2D eigenvalue weighted by molar-refractivity contribution is 7.92. The van der Waals surface area contributed by atoms with Crippen LogP contribution in [0.2, 0.25) is 0 Å². The third kappa shape index (κ3) is 7.38. The first-order valence-electron chi connectivity index (χ1n) is 13.9. The summed E-state index contributed by atoms with van der Waals surface area (Å²) in [6, 6.07) is 21.3. The van der Waals surface area contributed by atoms with Gasteiger partial charge in [0.2, 0.25) is 11.8 Å². The molecule has 10 heteroatoms. The smallest absolute Gasteiger partial charge is 0.264 e. The van der Waals surface area contributed by atoms with Crippen LogP contribution >= 0.6 is 0 Å². The molecular weight excluding hydrogens is 542 g/mol. The summed E-state index contributed by atoms with van der Waals surface area (Å²) in [6.07, 6.45) is 2.11. The molecule has 41 heavy (non-hydrogen) atoms. The van der Waals surface area contributed by atoms with Gasteiger partial charge in [0.15, 0.2) is 11.5 Å². The topological polar surface area (TPSA) is 105 Å². The largest absolute Gasteiger partial charge is 0.486 e. The first-order chi connectivity index (χ1) is 19.8. The number of fused-ring (bicyclic) bond motifs is 1. The third-order valence-corrected chi connectivity index (χ3v) is 8.62. The minimum Gasteiger partial charge on any atom is -0.486 e. The number of hydrogen-bond acceptors (Lipinski definition) is 6. The Kier molecular flexibility index (Phi) is 10.2. The average Bonchev–Trinajstić information content (AvgIpc) is 3.00. The number of nitrogens with one attached hydrogen (secondary N) is 1. The van der Waals surface area contributed by atoms with E-state index in [2.05, 4.69) is 5.32 Å². The summed E-state index contributed by atoms with van der Waals surface area (Å²) in [4.78, 5) is 28.9. The van der Waals surface area contributed by atoms with E-state index in [1.165, 1.54) is 17.0 Å². The molecule has 4 rings (SSSR count). The molecule has 9 nitrogen and oxygen atoms in total. The van der Waals surface area contributed by atoms with Crippen LogP contribution in [0.1, 0.15) is 38.7 Å². The Labute approximate surface area is 242 Å². The summed E-state index contributed by atoms with van der Waals surface area (Å²) in [5.41, 5.74) is 1.09. The number of hydrogen-bond donors (Lipinski definition) is 1. The molecular formula is C31H37N3O6S. The molecule has 0 saturated heterocycles. The first kappa shape index (κ1) is 29.9. The number of anilines is 1. The second-order valence-corrected chi connectivity index (χ2v) is 11.6. The van der Waals surface area contributed by atoms with Crippen LogP contribution in [-0.4, -0.2) is 57.5 Å². The van der Waals surface area contributed by atoms with Gasteiger partial charge in [0.25, 0.3) is 10.0 Å². The van der Waals surface area contributed by atoms with Crippen LogP contribution in [0.3, 0.4) is 0 Å². The summed E-state index contributed by atoms with van der Waals surface area (Å²) >= 11 is 0. The lowest BCUT2D eigenvalue weighted by Crippen LogP contribution is -2.52. The van der Waals surface area contributed by atoms with E-state index in [1.54, 1.807) is 36.4 Å². The van der Waals surface area contributed by atoms with Crippen LogP contribution in [0, 0.1) is 0 Å². The van der Waals surface area contributed by atoms with Gasteiger partial charge in [0.05, 0.1) is 10.6 Å². The van der Waals surface area contributed by atoms with Crippen molar-refractivity contribution in [2.24, 2.45) is 0 Å². The predicted molar refractivity (Wildman–Crippen MR) is 157 cm³/mol. The molecule has 3 aromatic carbocycles. The molecule has 1 aliphatic heterocycles. The van der Waals surface area contributed by atoms with Crippen molar-refractivity contribution in [3.05, 3.63) is 84.4 Å². The van der Waals surface area contributed by atoms with Crippen molar-refractivity contribution in [1.29, 1.82) is 0 Å². The van der Waals surface area contributed by atoms with E-state index in [9.17, 15) is 18.0 Å². The molecule has 0 aliphatic carbocycles. The number of carbonyl (C=O) groups excluding carboxylic acids is 2. The summed E-state index contributed by atoms with van der Waals surface area (Å²) in [6.45, 7) is 4.75. The van der Waals surface area contributed by atoms with E-state index >= 15 is 0 Å². The highest BCUT2D eigenvalue weighted by Crippen LogP contribution is 2.36. The molecule has 0 fully saturated rings. The summed E-state index contributed by atoms with van der Waals surface area (Å²) in [5, 5.41) is 2.94. The van der Waals surface area contributed by atoms with Gasteiger partial charge >= 0.3 is 0 Å². The third-order valence-electron chi connectivity index (χ3n) is 6.84. The van der Waals surface area contributed by atoms with Crippen molar-refractivity contribution < 1.29 is 27.5 Å². The van der Waals surface area contributed by atoms with Gasteiger partial charge in [0.1, 0.15) is 25.8 Å². The van der Waals surface area contributed by atoms with Gasteiger partial charge in [-0.3, -0.25) is 13.9 Å². The number of nitrogens with zero attached hydrogens (tertiary/aromatic N) is 2. The number of carbonyl (C=O) groups is 2. The van der Waals surface area contributed by atoms with Crippen LogP contribution in [-0.2, 0) is 26.2 Å². The first-order valence-corrected chi connectivity index (χ1v) is 15.4. The second kappa shape index (κ2) is 14.0. The van der Waals surface area contributed by atoms with E-state index in [1.807, 2.05) is 44.2 Å². The van der Waals surface area contributed by atoms with E-state index < -0.39 is 28.5 Å². The van der Waals surface area contributed by atoms with Gasteiger partial charge in [-0.2, -0.15) is 0 Å². The fraction of sp³-hybridized carbons (Fsp3) is 0.355. The monoisotopic (exact) mass is 579 g/mol. The van der Waals surface area contributed by atoms with Crippen LogP contribution in [0.4, 0.5) is 5.69 Å². The van der Waals surface area contributed by atoms with Crippen molar-refractivity contribution in [3.8, 4) is 11.5 Å². The lowest BCUT2D eigenvalue weighted by atomic mass is 10.1.